The normalized spacial score (nSPS) is 18.5. The quantitative estimate of drug-likeness (QED) is 0.860. The first-order chi connectivity index (χ1) is 9.11. The number of hydrogen-bond donors (Lipinski definition) is 1. The molecule has 0 aromatic carbocycles. The second-order valence-corrected chi connectivity index (χ2v) is 4.61. The summed E-state index contributed by atoms with van der Waals surface area (Å²) in [4.78, 5) is 22.7. The van der Waals surface area contributed by atoms with Crippen LogP contribution >= 0.6 is 0 Å². The Morgan fingerprint density at radius 3 is 3.00 bits per heavy atom. The summed E-state index contributed by atoms with van der Waals surface area (Å²) in [6.07, 6.45) is 3.29. The molecule has 0 saturated carbocycles. The molecule has 6 nitrogen and oxygen atoms in total. The van der Waals surface area contributed by atoms with E-state index in [0.717, 1.165) is 32.1 Å². The number of methoxy groups -OCH3 is 1. The molecule has 1 N–H and O–H groups in total. The third-order valence-electron chi connectivity index (χ3n) is 3.33. The highest BCUT2D eigenvalue weighted by atomic mass is 16.5. The molecular formula is C13H17NO5. The molecule has 6 heteroatoms. The van der Waals surface area contributed by atoms with E-state index in [1.807, 2.05) is 0 Å². The van der Waals surface area contributed by atoms with Gasteiger partial charge in [-0.15, -0.1) is 0 Å². The highest BCUT2D eigenvalue weighted by Gasteiger charge is 2.18. The van der Waals surface area contributed by atoms with Gasteiger partial charge in [0, 0.05) is 25.8 Å². The summed E-state index contributed by atoms with van der Waals surface area (Å²) < 4.78 is 11.8. The van der Waals surface area contributed by atoms with Crippen LogP contribution < -0.4 is 10.2 Å². The predicted molar refractivity (Wildman–Crippen MR) is 67.8 cm³/mol. The third kappa shape index (κ3) is 3.14. The van der Waals surface area contributed by atoms with Gasteiger partial charge in [-0.25, -0.2) is 4.79 Å². The maximum Gasteiger partial charge on any atom is 0.352 e. The molecule has 0 radical (unpaired) electrons. The Kier molecular flexibility index (Phi) is 4.21. The molecule has 104 valence electrons. The van der Waals surface area contributed by atoms with Gasteiger partial charge in [0.2, 0.25) is 5.43 Å². The minimum atomic E-state index is -1.11. The van der Waals surface area contributed by atoms with Gasteiger partial charge in [0.1, 0.15) is 5.69 Å². The molecule has 0 spiro atoms. The van der Waals surface area contributed by atoms with Crippen LogP contribution in [0.15, 0.2) is 17.1 Å². The largest absolute Gasteiger partial charge is 0.491 e. The van der Waals surface area contributed by atoms with Crippen molar-refractivity contribution in [2.24, 2.45) is 5.92 Å². The standard InChI is InChI=1S/C13H17NO5/c1-18-12-7-14(4-2-9-3-5-19-8-9)10(13(16)17)6-11(12)15/h6-7,9H,2-5,8H2,1H3,(H,16,17). The van der Waals surface area contributed by atoms with E-state index in [1.54, 1.807) is 4.57 Å². The topological polar surface area (TPSA) is 77.8 Å². The Hall–Kier alpha value is -1.82. The van der Waals surface area contributed by atoms with Gasteiger partial charge in [0.15, 0.2) is 5.75 Å². The van der Waals surface area contributed by atoms with E-state index >= 15 is 0 Å². The van der Waals surface area contributed by atoms with E-state index in [9.17, 15) is 9.59 Å². The fourth-order valence-corrected chi connectivity index (χ4v) is 2.21. The van der Waals surface area contributed by atoms with E-state index in [-0.39, 0.29) is 11.4 Å². The van der Waals surface area contributed by atoms with Crippen molar-refractivity contribution in [3.8, 4) is 5.75 Å². The number of nitrogens with zero attached hydrogens (tertiary/aromatic N) is 1. The summed E-state index contributed by atoms with van der Waals surface area (Å²) in [5.74, 6) is -0.498. The average Bonchev–Trinajstić information content (AvgIpc) is 2.89. The molecule has 0 amide bonds. The van der Waals surface area contributed by atoms with Crippen LogP contribution in [-0.2, 0) is 11.3 Å². The average molecular weight is 267 g/mol. The van der Waals surface area contributed by atoms with Crippen molar-refractivity contribution < 1.29 is 19.4 Å². The fraction of sp³-hybridized carbons (Fsp3) is 0.538. The molecule has 1 aromatic heterocycles. The lowest BCUT2D eigenvalue weighted by molar-refractivity contribution is 0.0683. The zero-order valence-electron chi connectivity index (χ0n) is 10.8. The van der Waals surface area contributed by atoms with Gasteiger partial charge in [-0.05, 0) is 18.8 Å². The number of hydrogen-bond acceptors (Lipinski definition) is 4. The first-order valence-corrected chi connectivity index (χ1v) is 6.21. The molecule has 1 unspecified atom stereocenters. The lowest BCUT2D eigenvalue weighted by Gasteiger charge is -2.14. The number of carboxylic acid groups (broad SMARTS) is 1. The Morgan fingerprint density at radius 2 is 2.42 bits per heavy atom. The van der Waals surface area contributed by atoms with Gasteiger partial charge in [0.25, 0.3) is 0 Å². The summed E-state index contributed by atoms with van der Waals surface area (Å²) in [6, 6.07) is 1.10. The van der Waals surface area contributed by atoms with Crippen molar-refractivity contribution in [1.82, 2.24) is 4.57 Å². The molecular weight excluding hydrogens is 250 g/mol. The summed E-state index contributed by atoms with van der Waals surface area (Å²) in [6.45, 7) is 2.02. The zero-order valence-corrected chi connectivity index (χ0v) is 10.8. The van der Waals surface area contributed by atoms with E-state index in [4.69, 9.17) is 14.6 Å². The van der Waals surface area contributed by atoms with E-state index < -0.39 is 11.4 Å². The third-order valence-corrected chi connectivity index (χ3v) is 3.33. The smallest absolute Gasteiger partial charge is 0.352 e. The summed E-state index contributed by atoms with van der Waals surface area (Å²) in [5, 5.41) is 9.12. The van der Waals surface area contributed by atoms with Gasteiger partial charge >= 0.3 is 5.97 Å². The van der Waals surface area contributed by atoms with Crippen LogP contribution in [0, 0.1) is 5.92 Å². The van der Waals surface area contributed by atoms with Gasteiger partial charge in [-0.2, -0.15) is 0 Å². The first-order valence-electron chi connectivity index (χ1n) is 6.21. The fourth-order valence-electron chi connectivity index (χ4n) is 2.21. The number of carbonyl (C=O) groups is 1. The van der Waals surface area contributed by atoms with E-state index in [2.05, 4.69) is 0 Å². The van der Waals surface area contributed by atoms with E-state index in [1.165, 1.54) is 13.3 Å². The maximum atomic E-state index is 11.6. The highest BCUT2D eigenvalue weighted by Crippen LogP contribution is 2.18. The Labute approximate surface area is 110 Å². The second-order valence-electron chi connectivity index (χ2n) is 4.61. The van der Waals surface area contributed by atoms with Gasteiger partial charge < -0.3 is 19.1 Å². The van der Waals surface area contributed by atoms with Crippen molar-refractivity contribution in [1.29, 1.82) is 0 Å². The summed E-state index contributed by atoms with van der Waals surface area (Å²) in [5.41, 5.74) is -0.426. The number of aromatic carboxylic acids is 1. The molecule has 1 aromatic rings. The number of ether oxygens (including phenoxy) is 2. The molecule has 2 rings (SSSR count). The lowest BCUT2D eigenvalue weighted by atomic mass is 10.1. The Morgan fingerprint density at radius 1 is 1.63 bits per heavy atom. The molecule has 0 bridgehead atoms. The molecule has 1 saturated heterocycles. The van der Waals surface area contributed by atoms with E-state index in [0.29, 0.717) is 12.5 Å². The molecule has 1 aliphatic heterocycles. The molecule has 1 aliphatic rings. The van der Waals surface area contributed by atoms with Crippen molar-refractivity contribution in [3.63, 3.8) is 0 Å². The van der Waals surface area contributed by atoms with Crippen molar-refractivity contribution >= 4 is 5.97 Å². The minimum Gasteiger partial charge on any atom is -0.491 e. The van der Waals surface area contributed by atoms with Crippen molar-refractivity contribution in [2.45, 2.75) is 19.4 Å². The summed E-state index contributed by atoms with van der Waals surface area (Å²) >= 11 is 0. The van der Waals surface area contributed by atoms with Gasteiger partial charge in [-0.1, -0.05) is 0 Å². The molecule has 1 fully saturated rings. The van der Waals surface area contributed by atoms with Crippen LogP contribution in [0.5, 0.6) is 5.75 Å². The highest BCUT2D eigenvalue weighted by molar-refractivity contribution is 5.85. The van der Waals surface area contributed by atoms with Crippen LogP contribution in [0.1, 0.15) is 23.3 Å². The number of pyridine rings is 1. The van der Waals surface area contributed by atoms with Crippen molar-refractivity contribution in [2.75, 3.05) is 20.3 Å². The van der Waals surface area contributed by atoms with Crippen LogP contribution in [-0.4, -0.2) is 36.0 Å². The Balaban J connectivity index is 2.20. The number of carboxylic acids is 1. The SMILES string of the molecule is COc1cn(CCC2CCOC2)c(C(=O)O)cc1=O. The molecule has 19 heavy (non-hydrogen) atoms. The lowest BCUT2D eigenvalue weighted by Crippen LogP contribution is -2.19. The predicted octanol–water partition coefficient (Wildman–Crippen LogP) is 0.982. The number of aryl methyl sites for hydroxylation is 1. The minimum absolute atomic E-state index is 0.00952. The Bertz CT molecular complexity index is 516. The van der Waals surface area contributed by atoms with Crippen molar-refractivity contribution in [3.05, 3.63) is 28.2 Å². The first kappa shape index (κ1) is 13.6. The zero-order chi connectivity index (χ0) is 13.8. The van der Waals surface area contributed by atoms with Crippen LogP contribution in [0.2, 0.25) is 0 Å². The van der Waals surface area contributed by atoms with Gasteiger partial charge in [0.05, 0.1) is 13.3 Å². The maximum absolute atomic E-state index is 11.6. The monoisotopic (exact) mass is 267 g/mol. The number of aromatic nitrogens is 1. The second kappa shape index (κ2) is 5.88. The van der Waals surface area contributed by atoms with Crippen LogP contribution in [0.3, 0.4) is 0 Å². The molecule has 2 heterocycles. The molecule has 0 aliphatic carbocycles. The van der Waals surface area contributed by atoms with Gasteiger partial charge in [-0.3, -0.25) is 4.79 Å². The molecule has 1 atom stereocenters. The van der Waals surface area contributed by atoms with Crippen LogP contribution in [0.4, 0.5) is 0 Å². The summed E-state index contributed by atoms with van der Waals surface area (Å²) in [7, 11) is 1.40. The number of rotatable bonds is 5. The van der Waals surface area contributed by atoms with Crippen LogP contribution in [0.25, 0.3) is 0 Å².